The molecular formula is C36H51FO3. The average molecular weight is 551 g/mol. The van der Waals surface area contributed by atoms with E-state index in [0.29, 0.717) is 23.5 Å². The van der Waals surface area contributed by atoms with Gasteiger partial charge in [-0.25, -0.2) is 4.39 Å². The van der Waals surface area contributed by atoms with Gasteiger partial charge < -0.3 is 9.47 Å². The largest absolute Gasteiger partial charge is 0.491 e. The molecule has 3 saturated carbocycles. The van der Waals surface area contributed by atoms with Gasteiger partial charge in [-0.05, 0) is 92.2 Å². The Bertz CT molecular complexity index is 1040. The van der Waals surface area contributed by atoms with Crippen molar-refractivity contribution in [2.75, 3.05) is 6.61 Å². The third-order valence-corrected chi connectivity index (χ3v) is 9.73. The van der Waals surface area contributed by atoms with E-state index >= 15 is 0 Å². The van der Waals surface area contributed by atoms with E-state index in [1.165, 1.54) is 89.5 Å². The Hall–Kier alpha value is -2.36. The van der Waals surface area contributed by atoms with Gasteiger partial charge in [0.15, 0.2) is 11.6 Å². The Kier molecular flexibility index (Phi) is 11.5. The van der Waals surface area contributed by atoms with Gasteiger partial charge in [0, 0.05) is 0 Å². The second kappa shape index (κ2) is 15.0. The number of ether oxygens (including phenoxy) is 2. The smallest absolute Gasteiger partial charge is 0.317 e. The molecule has 2 aromatic carbocycles. The maximum Gasteiger partial charge on any atom is 0.317 e. The van der Waals surface area contributed by atoms with Crippen LogP contribution in [0, 0.1) is 16.6 Å². The zero-order valence-corrected chi connectivity index (χ0v) is 25.1. The first-order chi connectivity index (χ1) is 19.5. The Morgan fingerprint density at radius 1 is 0.725 bits per heavy atom. The molecule has 0 aromatic heterocycles. The summed E-state index contributed by atoms with van der Waals surface area (Å²) in [6.45, 7) is 5.02. The summed E-state index contributed by atoms with van der Waals surface area (Å²) in [6, 6.07) is 12.6. The summed E-state index contributed by atoms with van der Waals surface area (Å²) in [5.41, 5.74) is 1.83. The molecule has 3 aliphatic carbocycles. The molecule has 3 nitrogen and oxygen atoms in total. The minimum Gasteiger partial charge on any atom is -0.491 e. The van der Waals surface area contributed by atoms with Crippen molar-refractivity contribution in [2.45, 2.75) is 129 Å². The molecule has 4 heteroatoms. The highest BCUT2D eigenvalue weighted by Gasteiger charge is 2.52. The molecule has 0 spiro atoms. The SMILES string of the molecule is CCCCCCCCOc1ccc(-c2ccc(OC(=O)C34CCC(CCCCCCC)(CC3)CC4)cc2)cc1F. The molecule has 0 saturated heterocycles. The summed E-state index contributed by atoms with van der Waals surface area (Å²) in [6.07, 6.45) is 21.5. The van der Waals surface area contributed by atoms with Gasteiger partial charge in [-0.3, -0.25) is 4.79 Å². The van der Waals surface area contributed by atoms with Gasteiger partial charge in [0.2, 0.25) is 0 Å². The van der Waals surface area contributed by atoms with Crippen LogP contribution >= 0.6 is 0 Å². The lowest BCUT2D eigenvalue weighted by molar-refractivity contribution is -0.156. The van der Waals surface area contributed by atoms with Crippen LogP contribution in [0.3, 0.4) is 0 Å². The fourth-order valence-electron chi connectivity index (χ4n) is 6.84. The molecule has 0 amide bonds. The van der Waals surface area contributed by atoms with Crippen LogP contribution in [-0.2, 0) is 4.79 Å². The van der Waals surface area contributed by atoms with Gasteiger partial charge >= 0.3 is 5.97 Å². The zero-order chi connectivity index (χ0) is 28.3. The van der Waals surface area contributed by atoms with Crippen molar-refractivity contribution in [3.63, 3.8) is 0 Å². The molecular weight excluding hydrogens is 499 g/mol. The molecule has 0 aliphatic heterocycles. The Morgan fingerprint density at radius 3 is 1.93 bits per heavy atom. The van der Waals surface area contributed by atoms with Crippen molar-refractivity contribution in [3.8, 4) is 22.6 Å². The average Bonchev–Trinajstić information content (AvgIpc) is 2.98. The summed E-state index contributed by atoms with van der Waals surface area (Å²) < 4.78 is 26.3. The van der Waals surface area contributed by atoms with Crippen molar-refractivity contribution in [1.82, 2.24) is 0 Å². The van der Waals surface area contributed by atoms with E-state index in [9.17, 15) is 9.18 Å². The zero-order valence-electron chi connectivity index (χ0n) is 25.1. The van der Waals surface area contributed by atoms with Crippen molar-refractivity contribution in [1.29, 1.82) is 0 Å². The molecule has 0 atom stereocenters. The van der Waals surface area contributed by atoms with E-state index in [2.05, 4.69) is 13.8 Å². The molecule has 0 N–H and O–H groups in total. The predicted octanol–water partition coefficient (Wildman–Crippen LogP) is 10.8. The number of esters is 1. The second-order valence-electron chi connectivity index (χ2n) is 12.6. The van der Waals surface area contributed by atoms with Crippen LogP contribution in [0.2, 0.25) is 0 Å². The standard InChI is InChI=1S/C36H51FO3/c1-3-5-7-9-11-13-27-39-33-19-16-30(28-32(33)37)29-14-17-31(18-15-29)40-34(38)36-24-21-35(22-25-36,23-26-36)20-12-10-8-6-4-2/h14-19,28H,3-13,20-27H2,1-2H3. The molecule has 0 radical (unpaired) electrons. The van der Waals surface area contributed by atoms with E-state index in [1.54, 1.807) is 6.07 Å². The number of carbonyl (C=O) groups is 1. The highest BCUT2D eigenvalue weighted by Crippen LogP contribution is 2.59. The van der Waals surface area contributed by atoms with Crippen molar-refractivity contribution in [3.05, 3.63) is 48.3 Å². The molecule has 220 valence electrons. The van der Waals surface area contributed by atoms with Gasteiger partial charge in [0.1, 0.15) is 5.75 Å². The Balaban J connectivity index is 1.24. The molecule has 2 aromatic rings. The maximum atomic E-state index is 14.7. The van der Waals surface area contributed by atoms with Crippen molar-refractivity contribution < 1.29 is 18.7 Å². The normalized spacial score (nSPS) is 21.9. The fraction of sp³-hybridized carbons (Fsp3) is 0.639. The van der Waals surface area contributed by atoms with Crippen molar-refractivity contribution >= 4 is 5.97 Å². The van der Waals surface area contributed by atoms with Gasteiger partial charge in [-0.15, -0.1) is 0 Å². The van der Waals surface area contributed by atoms with E-state index in [1.807, 2.05) is 30.3 Å². The van der Waals surface area contributed by atoms with Crippen LogP contribution in [0.15, 0.2) is 42.5 Å². The summed E-state index contributed by atoms with van der Waals surface area (Å²) >= 11 is 0. The number of benzene rings is 2. The minimum atomic E-state index is -0.343. The summed E-state index contributed by atoms with van der Waals surface area (Å²) in [5.74, 6) is 0.475. The molecule has 0 unspecified atom stereocenters. The number of unbranched alkanes of at least 4 members (excludes halogenated alkanes) is 9. The fourth-order valence-corrected chi connectivity index (χ4v) is 6.84. The monoisotopic (exact) mass is 550 g/mol. The lowest BCUT2D eigenvalue weighted by Crippen LogP contribution is -2.47. The van der Waals surface area contributed by atoms with E-state index < -0.39 is 0 Å². The number of carbonyl (C=O) groups excluding carboxylic acids is 1. The lowest BCUT2D eigenvalue weighted by atomic mass is 9.52. The summed E-state index contributed by atoms with van der Waals surface area (Å²) in [4.78, 5) is 13.3. The molecule has 5 rings (SSSR count). The lowest BCUT2D eigenvalue weighted by Gasteiger charge is -2.52. The Labute approximate surface area is 242 Å². The highest BCUT2D eigenvalue weighted by atomic mass is 19.1. The molecule has 3 fully saturated rings. The first kappa shape index (κ1) is 30.6. The van der Waals surface area contributed by atoms with Crippen LogP contribution in [0.25, 0.3) is 11.1 Å². The second-order valence-corrected chi connectivity index (χ2v) is 12.6. The van der Waals surface area contributed by atoms with Crippen molar-refractivity contribution in [2.24, 2.45) is 10.8 Å². The number of fused-ring (bicyclic) bond motifs is 3. The van der Waals surface area contributed by atoms with E-state index in [4.69, 9.17) is 9.47 Å². The molecule has 3 aliphatic rings. The summed E-state index contributed by atoms with van der Waals surface area (Å²) in [7, 11) is 0. The topological polar surface area (TPSA) is 35.5 Å². The molecule has 40 heavy (non-hydrogen) atoms. The van der Waals surface area contributed by atoms with Gasteiger partial charge in [-0.1, -0.05) is 96.3 Å². The third kappa shape index (κ3) is 8.10. The van der Waals surface area contributed by atoms with Crippen LogP contribution in [0.5, 0.6) is 11.5 Å². The quantitative estimate of drug-likeness (QED) is 0.112. The van der Waals surface area contributed by atoms with Crippen LogP contribution < -0.4 is 9.47 Å². The molecule has 2 bridgehead atoms. The van der Waals surface area contributed by atoms with Crippen LogP contribution in [-0.4, -0.2) is 12.6 Å². The first-order valence-electron chi connectivity index (χ1n) is 16.2. The van der Waals surface area contributed by atoms with Gasteiger partial charge in [0.05, 0.1) is 12.0 Å². The molecule has 0 heterocycles. The maximum absolute atomic E-state index is 14.7. The van der Waals surface area contributed by atoms with E-state index in [-0.39, 0.29) is 17.2 Å². The summed E-state index contributed by atoms with van der Waals surface area (Å²) in [5, 5.41) is 0. The first-order valence-corrected chi connectivity index (χ1v) is 16.2. The predicted molar refractivity (Wildman–Crippen MR) is 162 cm³/mol. The number of halogens is 1. The third-order valence-electron chi connectivity index (χ3n) is 9.73. The van der Waals surface area contributed by atoms with Crippen LogP contribution in [0.4, 0.5) is 4.39 Å². The Morgan fingerprint density at radius 2 is 1.30 bits per heavy atom. The van der Waals surface area contributed by atoms with Crippen LogP contribution in [0.1, 0.15) is 129 Å². The number of hydrogen-bond donors (Lipinski definition) is 0. The number of rotatable bonds is 17. The van der Waals surface area contributed by atoms with Gasteiger partial charge in [0.25, 0.3) is 0 Å². The van der Waals surface area contributed by atoms with Gasteiger partial charge in [-0.2, -0.15) is 0 Å². The minimum absolute atomic E-state index is 0.0607. The number of hydrogen-bond acceptors (Lipinski definition) is 3. The van der Waals surface area contributed by atoms with E-state index in [0.717, 1.165) is 43.2 Å². The highest BCUT2D eigenvalue weighted by molar-refractivity contribution is 5.80.